The lowest BCUT2D eigenvalue weighted by atomic mass is 10.1. The minimum absolute atomic E-state index is 0.0920. The number of rotatable bonds is 2. The number of carboxylic acid groups (broad SMARTS) is 1. The number of halogens is 1. The van der Waals surface area contributed by atoms with Crippen LogP contribution in [0.5, 0.6) is 0 Å². The molecular formula is C22H15IO3. The van der Waals surface area contributed by atoms with Gasteiger partial charge in [0, 0.05) is 28.2 Å². The van der Waals surface area contributed by atoms with Crippen LogP contribution in [-0.2, 0) is 0 Å². The normalized spacial score (nSPS) is 10.2. The number of aromatic carboxylic acids is 1. The summed E-state index contributed by atoms with van der Waals surface area (Å²) in [5.74, 6) is -0.878. The standard InChI is InChI=1S/C11H7IO.C11H8O2/c2*12-11(13)10-7-3-5-8-4-1-2-6-9(8)10/h1-7H;1-7H,(H,12,13). The van der Waals surface area contributed by atoms with Gasteiger partial charge in [-0.05, 0) is 33.7 Å². The first-order valence-electron chi connectivity index (χ1n) is 7.96. The van der Waals surface area contributed by atoms with E-state index in [0.29, 0.717) is 5.56 Å². The molecule has 26 heavy (non-hydrogen) atoms. The molecule has 4 aromatic carbocycles. The van der Waals surface area contributed by atoms with Crippen LogP contribution in [0.2, 0.25) is 0 Å². The van der Waals surface area contributed by atoms with Crippen molar-refractivity contribution < 1.29 is 14.7 Å². The minimum atomic E-state index is -0.878. The zero-order valence-corrected chi connectivity index (χ0v) is 15.9. The highest BCUT2D eigenvalue weighted by atomic mass is 127. The highest BCUT2D eigenvalue weighted by Gasteiger charge is 2.06. The van der Waals surface area contributed by atoms with Gasteiger partial charge < -0.3 is 5.11 Å². The fourth-order valence-corrected chi connectivity index (χ4v) is 3.28. The zero-order chi connectivity index (χ0) is 18.5. The summed E-state index contributed by atoms with van der Waals surface area (Å²) in [7, 11) is 0. The van der Waals surface area contributed by atoms with Gasteiger partial charge in [0.05, 0.1) is 5.56 Å². The smallest absolute Gasteiger partial charge is 0.336 e. The third-order valence-corrected chi connectivity index (χ3v) is 4.60. The summed E-state index contributed by atoms with van der Waals surface area (Å²) in [4.78, 5) is 22.1. The quantitative estimate of drug-likeness (QED) is 0.301. The predicted octanol–water partition coefficient (Wildman–Crippen LogP) is 5.95. The molecule has 0 bridgehead atoms. The van der Waals surface area contributed by atoms with E-state index in [9.17, 15) is 9.59 Å². The van der Waals surface area contributed by atoms with Crippen molar-refractivity contribution in [3.8, 4) is 0 Å². The maximum Gasteiger partial charge on any atom is 0.336 e. The van der Waals surface area contributed by atoms with Crippen LogP contribution in [-0.4, -0.2) is 14.9 Å². The van der Waals surface area contributed by atoms with Gasteiger partial charge in [-0.2, -0.15) is 0 Å². The second-order valence-corrected chi connectivity index (χ2v) is 6.61. The third-order valence-electron chi connectivity index (χ3n) is 4.02. The van der Waals surface area contributed by atoms with Gasteiger partial charge in [-0.25, -0.2) is 4.79 Å². The van der Waals surface area contributed by atoms with E-state index in [1.165, 1.54) is 0 Å². The molecule has 0 heterocycles. The maximum absolute atomic E-state index is 11.2. The monoisotopic (exact) mass is 454 g/mol. The van der Waals surface area contributed by atoms with E-state index in [2.05, 4.69) is 0 Å². The van der Waals surface area contributed by atoms with Crippen molar-refractivity contribution in [2.45, 2.75) is 0 Å². The number of carboxylic acids is 1. The van der Waals surface area contributed by atoms with Crippen LogP contribution in [0.3, 0.4) is 0 Å². The zero-order valence-electron chi connectivity index (χ0n) is 13.7. The number of carbonyl (C=O) groups excluding carboxylic acids is 1. The Hall–Kier alpha value is -2.73. The first kappa shape index (κ1) is 18.1. The van der Waals surface area contributed by atoms with Gasteiger partial charge >= 0.3 is 5.97 Å². The first-order valence-corrected chi connectivity index (χ1v) is 9.04. The summed E-state index contributed by atoms with van der Waals surface area (Å²) in [6.07, 6.45) is 0. The van der Waals surface area contributed by atoms with Crippen LogP contribution in [0.4, 0.5) is 0 Å². The molecular weight excluding hydrogens is 439 g/mol. The summed E-state index contributed by atoms with van der Waals surface area (Å²) in [5.41, 5.74) is 1.15. The second-order valence-electron chi connectivity index (χ2n) is 5.63. The molecule has 0 aliphatic carbocycles. The van der Waals surface area contributed by atoms with Gasteiger partial charge in [0.1, 0.15) is 0 Å². The predicted molar refractivity (Wildman–Crippen MR) is 113 cm³/mol. The molecule has 1 N–H and O–H groups in total. The van der Waals surface area contributed by atoms with Crippen molar-refractivity contribution in [1.82, 2.24) is 0 Å². The average Bonchev–Trinajstić information content (AvgIpc) is 2.67. The Bertz CT molecular complexity index is 1000. The largest absolute Gasteiger partial charge is 0.478 e. The van der Waals surface area contributed by atoms with E-state index in [1.807, 2.05) is 95.4 Å². The van der Waals surface area contributed by atoms with Crippen LogP contribution in [0.1, 0.15) is 20.7 Å². The van der Waals surface area contributed by atoms with Crippen molar-refractivity contribution >= 4 is 53.9 Å². The second kappa shape index (κ2) is 8.10. The van der Waals surface area contributed by atoms with Gasteiger partial charge in [-0.15, -0.1) is 0 Å². The number of carbonyl (C=O) groups is 2. The van der Waals surface area contributed by atoms with Crippen LogP contribution < -0.4 is 0 Å². The van der Waals surface area contributed by atoms with Crippen molar-refractivity contribution in [2.75, 3.05) is 0 Å². The summed E-state index contributed by atoms with van der Waals surface area (Å²) in [5, 5.41) is 12.8. The molecule has 128 valence electrons. The molecule has 0 aliphatic rings. The number of fused-ring (bicyclic) bond motifs is 2. The fourth-order valence-electron chi connectivity index (χ4n) is 2.81. The first-order chi connectivity index (χ1) is 12.6. The van der Waals surface area contributed by atoms with Crippen molar-refractivity contribution in [1.29, 1.82) is 0 Å². The molecule has 3 nitrogen and oxygen atoms in total. The third kappa shape index (κ3) is 3.91. The molecule has 0 saturated heterocycles. The Balaban J connectivity index is 0.000000151. The van der Waals surface area contributed by atoms with Crippen molar-refractivity contribution in [3.05, 3.63) is 96.1 Å². The number of benzene rings is 4. The van der Waals surface area contributed by atoms with Crippen molar-refractivity contribution in [3.63, 3.8) is 0 Å². The molecule has 0 unspecified atom stereocenters. The average molecular weight is 454 g/mol. The van der Waals surface area contributed by atoms with Gasteiger partial charge in [0.25, 0.3) is 0 Å². The summed E-state index contributed by atoms with van der Waals surface area (Å²) < 4.78 is 0.0920. The highest BCUT2D eigenvalue weighted by Crippen LogP contribution is 2.20. The summed E-state index contributed by atoms with van der Waals surface area (Å²) in [6, 6.07) is 26.4. The molecule has 0 aliphatic heterocycles. The van der Waals surface area contributed by atoms with Gasteiger partial charge in [0.15, 0.2) is 0 Å². The highest BCUT2D eigenvalue weighted by molar-refractivity contribution is 14.1. The Kier molecular flexibility index (Phi) is 5.63. The molecule has 4 heteroatoms. The van der Waals surface area contributed by atoms with Gasteiger partial charge in [-0.1, -0.05) is 72.8 Å². The molecule has 4 rings (SSSR count). The molecule has 0 atom stereocenters. The van der Waals surface area contributed by atoms with E-state index < -0.39 is 5.97 Å². The van der Waals surface area contributed by atoms with E-state index in [-0.39, 0.29) is 3.79 Å². The van der Waals surface area contributed by atoms with E-state index >= 15 is 0 Å². The SMILES string of the molecule is O=C(I)c1cccc2ccccc12.O=C(O)c1cccc2ccccc12. The molecule has 0 aromatic heterocycles. The molecule has 4 aromatic rings. The van der Waals surface area contributed by atoms with Crippen LogP contribution in [0, 0.1) is 0 Å². The van der Waals surface area contributed by atoms with Crippen LogP contribution in [0.25, 0.3) is 21.5 Å². The Labute approximate surface area is 164 Å². The van der Waals surface area contributed by atoms with E-state index in [0.717, 1.165) is 27.1 Å². The number of hydrogen-bond acceptors (Lipinski definition) is 2. The fraction of sp³-hybridized carbons (Fsp3) is 0. The lowest BCUT2D eigenvalue weighted by molar-refractivity contribution is 0.0699. The Morgan fingerprint density at radius 2 is 1.04 bits per heavy atom. The van der Waals surface area contributed by atoms with E-state index in [1.54, 1.807) is 12.1 Å². The topological polar surface area (TPSA) is 54.4 Å². The van der Waals surface area contributed by atoms with Crippen molar-refractivity contribution in [2.24, 2.45) is 0 Å². The molecule has 0 fully saturated rings. The summed E-state index contributed by atoms with van der Waals surface area (Å²) >= 11 is 1.82. The maximum atomic E-state index is 11.2. The molecule has 0 amide bonds. The minimum Gasteiger partial charge on any atom is -0.478 e. The molecule has 0 spiro atoms. The van der Waals surface area contributed by atoms with Gasteiger partial charge in [-0.3, -0.25) is 4.79 Å². The number of hydrogen-bond donors (Lipinski definition) is 1. The molecule has 0 radical (unpaired) electrons. The van der Waals surface area contributed by atoms with Gasteiger partial charge in [0.2, 0.25) is 3.79 Å². The lowest BCUT2D eigenvalue weighted by Crippen LogP contribution is -1.96. The Morgan fingerprint density at radius 3 is 1.54 bits per heavy atom. The van der Waals surface area contributed by atoms with E-state index in [4.69, 9.17) is 5.11 Å². The Morgan fingerprint density at radius 1 is 0.615 bits per heavy atom. The summed E-state index contributed by atoms with van der Waals surface area (Å²) in [6.45, 7) is 0. The van der Waals surface area contributed by atoms with Crippen LogP contribution >= 0.6 is 22.6 Å². The lowest BCUT2D eigenvalue weighted by Gasteiger charge is -2.00. The molecule has 0 saturated carbocycles. The van der Waals surface area contributed by atoms with Crippen LogP contribution in [0.15, 0.2) is 84.9 Å².